The zero-order valence-corrected chi connectivity index (χ0v) is 20.0. The molecule has 36 heavy (non-hydrogen) atoms. The Labute approximate surface area is 207 Å². The van der Waals surface area contributed by atoms with Crippen molar-refractivity contribution in [3.05, 3.63) is 66.0 Å². The minimum absolute atomic E-state index is 0.0876. The average molecular weight is 485 g/mol. The number of ketones is 1. The standard InChI is InChI=1S/C24H24BN7O4/c1-15-28-14-32(29-15)22-20-19(18(13-27-22)36-25-2)17(12-26-20)21(33)24(35)31-10-8-30(9-11-31)23(34)16-6-4-3-5-7-16/h3-7,12-14,25-26H,8-11H2,1-2H3. The van der Waals surface area contributed by atoms with Crippen LogP contribution >= 0.6 is 0 Å². The lowest BCUT2D eigenvalue weighted by atomic mass is 10.1. The second-order valence-corrected chi connectivity index (χ2v) is 8.35. The van der Waals surface area contributed by atoms with E-state index in [1.165, 1.54) is 28.3 Å². The lowest BCUT2D eigenvalue weighted by Crippen LogP contribution is -2.52. The number of carbonyl (C=O) groups excluding carboxylic acids is 3. The monoisotopic (exact) mass is 485 g/mol. The first kappa shape index (κ1) is 23.3. The van der Waals surface area contributed by atoms with Crippen molar-refractivity contribution in [2.75, 3.05) is 26.2 Å². The van der Waals surface area contributed by atoms with Crippen LogP contribution in [0.25, 0.3) is 16.7 Å². The molecular formula is C24H24BN7O4. The van der Waals surface area contributed by atoms with Crippen LogP contribution in [0, 0.1) is 6.92 Å². The van der Waals surface area contributed by atoms with E-state index >= 15 is 0 Å². The summed E-state index contributed by atoms with van der Waals surface area (Å²) in [7, 11) is 0.364. The van der Waals surface area contributed by atoms with Gasteiger partial charge in [0.25, 0.3) is 17.6 Å². The highest BCUT2D eigenvalue weighted by atomic mass is 16.4. The summed E-state index contributed by atoms with van der Waals surface area (Å²) >= 11 is 0. The van der Waals surface area contributed by atoms with Crippen molar-refractivity contribution < 1.29 is 19.0 Å². The minimum atomic E-state index is -0.656. The Kier molecular flexibility index (Phi) is 6.24. The molecule has 0 atom stereocenters. The van der Waals surface area contributed by atoms with Crippen LogP contribution in [0.15, 0.2) is 49.1 Å². The summed E-state index contributed by atoms with van der Waals surface area (Å²) in [4.78, 5) is 54.1. The highest BCUT2D eigenvalue weighted by molar-refractivity contribution is 6.45. The molecule has 1 aliphatic heterocycles. The molecule has 4 heterocycles. The molecular weight excluding hydrogens is 461 g/mol. The van der Waals surface area contributed by atoms with Gasteiger partial charge in [0.15, 0.2) is 5.82 Å². The van der Waals surface area contributed by atoms with Crippen LogP contribution in [0.4, 0.5) is 0 Å². The molecule has 0 bridgehead atoms. The fourth-order valence-corrected chi connectivity index (χ4v) is 4.30. The first-order chi connectivity index (χ1) is 17.5. The molecule has 1 aromatic carbocycles. The third-order valence-corrected chi connectivity index (χ3v) is 6.09. The molecule has 2 amide bonds. The van der Waals surface area contributed by atoms with Crippen LogP contribution in [-0.2, 0) is 4.79 Å². The molecule has 0 saturated carbocycles. The molecule has 4 aromatic rings. The van der Waals surface area contributed by atoms with Crippen LogP contribution < -0.4 is 4.65 Å². The topological polar surface area (TPSA) is 126 Å². The summed E-state index contributed by atoms with van der Waals surface area (Å²) in [6.07, 6.45) is 4.54. The van der Waals surface area contributed by atoms with Crippen molar-refractivity contribution >= 4 is 36.0 Å². The summed E-state index contributed by atoms with van der Waals surface area (Å²) in [5, 5.41) is 4.77. The van der Waals surface area contributed by atoms with E-state index in [9.17, 15) is 14.4 Å². The molecule has 182 valence electrons. The molecule has 0 unspecified atom stereocenters. The maximum absolute atomic E-state index is 13.4. The maximum Gasteiger partial charge on any atom is 0.337 e. The fourth-order valence-electron chi connectivity index (χ4n) is 4.30. The number of H-pyrrole nitrogens is 1. The van der Waals surface area contributed by atoms with Gasteiger partial charge in [0, 0.05) is 37.9 Å². The number of nitrogens with one attached hydrogen (secondary N) is 1. The predicted octanol–water partition coefficient (Wildman–Crippen LogP) is 1.40. The van der Waals surface area contributed by atoms with Crippen molar-refractivity contribution in [1.29, 1.82) is 0 Å². The number of amides is 2. The number of aryl methyl sites for hydroxylation is 1. The SMILES string of the molecule is CBOc1cnc(-n2cnc(C)n2)c2[nH]cc(C(=O)C(=O)N3CCN(C(=O)c4ccccc4)CC3)c12. The van der Waals surface area contributed by atoms with E-state index in [1.54, 1.807) is 24.0 Å². The summed E-state index contributed by atoms with van der Waals surface area (Å²) in [5.74, 6) is 0.0339. The summed E-state index contributed by atoms with van der Waals surface area (Å²) in [6, 6.07) is 9.01. The number of pyridine rings is 1. The highest BCUT2D eigenvalue weighted by Crippen LogP contribution is 2.32. The number of hydrogen-bond acceptors (Lipinski definition) is 7. The van der Waals surface area contributed by atoms with Gasteiger partial charge in [-0.1, -0.05) is 25.0 Å². The number of fused-ring (bicyclic) bond motifs is 1. The highest BCUT2D eigenvalue weighted by Gasteiger charge is 2.31. The van der Waals surface area contributed by atoms with E-state index in [0.717, 1.165) is 0 Å². The lowest BCUT2D eigenvalue weighted by molar-refractivity contribution is -0.127. The van der Waals surface area contributed by atoms with Crippen LogP contribution in [0.5, 0.6) is 5.75 Å². The summed E-state index contributed by atoms with van der Waals surface area (Å²) in [5.41, 5.74) is 1.31. The molecule has 11 nitrogen and oxygen atoms in total. The number of benzene rings is 1. The van der Waals surface area contributed by atoms with Gasteiger partial charge in [0.2, 0.25) is 0 Å². The van der Waals surface area contributed by atoms with Crippen LogP contribution in [0.2, 0.25) is 6.82 Å². The maximum atomic E-state index is 13.4. The molecule has 5 rings (SSSR count). The third kappa shape index (κ3) is 4.21. The predicted molar refractivity (Wildman–Crippen MR) is 133 cm³/mol. The van der Waals surface area contributed by atoms with Crippen molar-refractivity contribution in [2.24, 2.45) is 0 Å². The first-order valence-electron chi connectivity index (χ1n) is 11.7. The van der Waals surface area contributed by atoms with E-state index in [-0.39, 0.29) is 24.6 Å². The van der Waals surface area contributed by atoms with Crippen LogP contribution in [0.1, 0.15) is 26.5 Å². The fraction of sp³-hybridized carbons (Fsp3) is 0.250. The molecule has 3 aromatic heterocycles. The van der Waals surface area contributed by atoms with Crippen molar-refractivity contribution in [2.45, 2.75) is 13.7 Å². The van der Waals surface area contributed by atoms with E-state index in [4.69, 9.17) is 4.65 Å². The smallest absolute Gasteiger partial charge is 0.337 e. The van der Waals surface area contributed by atoms with Gasteiger partial charge < -0.3 is 19.4 Å². The lowest BCUT2D eigenvalue weighted by Gasteiger charge is -2.34. The molecule has 0 aliphatic carbocycles. The number of Topliss-reactive ketones (excluding diaryl/α,β-unsaturated/α-hetero) is 1. The van der Waals surface area contributed by atoms with Gasteiger partial charge in [-0.2, -0.15) is 5.10 Å². The van der Waals surface area contributed by atoms with E-state index in [1.807, 2.05) is 25.0 Å². The van der Waals surface area contributed by atoms with Crippen molar-refractivity contribution in [3.8, 4) is 11.6 Å². The third-order valence-electron chi connectivity index (χ3n) is 6.09. The Balaban J connectivity index is 1.38. The van der Waals surface area contributed by atoms with Gasteiger partial charge >= 0.3 is 7.48 Å². The zero-order chi connectivity index (χ0) is 25.2. The minimum Gasteiger partial charge on any atom is -0.563 e. The molecule has 1 fully saturated rings. The second-order valence-electron chi connectivity index (χ2n) is 8.35. The Morgan fingerprint density at radius 3 is 2.42 bits per heavy atom. The number of rotatable bonds is 6. The van der Waals surface area contributed by atoms with Gasteiger partial charge in [-0.25, -0.2) is 14.6 Å². The number of carbonyl (C=O) groups is 3. The number of nitrogens with zero attached hydrogens (tertiary/aromatic N) is 6. The number of aromatic nitrogens is 5. The summed E-state index contributed by atoms with van der Waals surface area (Å²) < 4.78 is 7.23. The Morgan fingerprint density at radius 2 is 1.75 bits per heavy atom. The van der Waals surface area contributed by atoms with Crippen molar-refractivity contribution in [1.82, 2.24) is 34.5 Å². The molecule has 12 heteroatoms. The Morgan fingerprint density at radius 1 is 1.03 bits per heavy atom. The zero-order valence-electron chi connectivity index (χ0n) is 20.0. The van der Waals surface area contributed by atoms with Gasteiger partial charge in [-0.05, 0) is 19.1 Å². The van der Waals surface area contributed by atoms with Gasteiger partial charge in [-0.15, -0.1) is 0 Å². The van der Waals surface area contributed by atoms with Gasteiger partial charge in [0.1, 0.15) is 17.9 Å². The van der Waals surface area contributed by atoms with Gasteiger partial charge in [-0.3, -0.25) is 14.4 Å². The number of aromatic amines is 1. The largest absolute Gasteiger partial charge is 0.563 e. The molecule has 1 N–H and O–H groups in total. The van der Waals surface area contributed by atoms with Gasteiger partial charge in [0.05, 0.1) is 22.7 Å². The van der Waals surface area contributed by atoms with E-state index < -0.39 is 11.7 Å². The normalized spacial score (nSPS) is 13.6. The Bertz CT molecular complexity index is 1440. The van der Waals surface area contributed by atoms with Crippen LogP contribution in [-0.4, -0.2) is 85.8 Å². The quantitative estimate of drug-likeness (QED) is 0.249. The van der Waals surface area contributed by atoms with Crippen LogP contribution in [0.3, 0.4) is 0 Å². The Hall–Kier alpha value is -4.48. The average Bonchev–Trinajstić information content (AvgIpc) is 3.55. The first-order valence-corrected chi connectivity index (χ1v) is 11.7. The molecule has 1 saturated heterocycles. The molecule has 0 radical (unpaired) electrons. The number of piperazine rings is 1. The molecule has 1 aliphatic rings. The van der Waals surface area contributed by atoms with E-state index in [0.29, 0.717) is 54.4 Å². The summed E-state index contributed by atoms with van der Waals surface area (Å²) in [6.45, 7) is 4.84. The second kappa shape index (κ2) is 9.64. The van der Waals surface area contributed by atoms with E-state index in [2.05, 4.69) is 20.1 Å². The molecule has 0 spiro atoms. The van der Waals surface area contributed by atoms with Crippen molar-refractivity contribution in [3.63, 3.8) is 0 Å². The number of hydrogen-bond donors (Lipinski definition) is 1.